The summed E-state index contributed by atoms with van der Waals surface area (Å²) in [6, 6.07) is 0.731. The normalized spacial score (nSPS) is 13.6. The summed E-state index contributed by atoms with van der Waals surface area (Å²) in [5.74, 6) is -1.56. The molecule has 1 aromatic rings. The Morgan fingerprint density at radius 2 is 2.06 bits per heavy atom. The first kappa shape index (κ1) is 13.2. The number of rotatable bonds is 2. The van der Waals surface area contributed by atoms with Gasteiger partial charge in [-0.2, -0.15) is 13.2 Å². The number of carboxylic acids is 1. The summed E-state index contributed by atoms with van der Waals surface area (Å²) in [6.45, 7) is 0. The van der Waals surface area contributed by atoms with E-state index in [9.17, 15) is 18.0 Å². The van der Waals surface area contributed by atoms with Crippen molar-refractivity contribution >= 4 is 28.6 Å². The van der Waals surface area contributed by atoms with Crippen LogP contribution < -0.4 is 0 Å². The predicted octanol–water partition coefficient (Wildman–Crippen LogP) is 1.82. The second-order valence-corrected chi connectivity index (χ2v) is 3.99. The number of hydrogen-bond acceptors (Lipinski definition) is 3. The fourth-order valence-corrected chi connectivity index (χ4v) is 1.69. The average molecular weight is 347 g/mol. The molecular weight excluding hydrogens is 342 g/mol. The van der Waals surface area contributed by atoms with Gasteiger partial charge in [-0.15, -0.1) is 0 Å². The topological polar surface area (TPSA) is 70.4 Å². The van der Waals surface area contributed by atoms with Crippen LogP contribution in [0.25, 0.3) is 0 Å². The van der Waals surface area contributed by atoms with Crippen molar-refractivity contribution in [3.8, 4) is 0 Å². The van der Waals surface area contributed by atoms with Gasteiger partial charge in [0.25, 0.3) is 0 Å². The Kier molecular flexibility index (Phi) is 3.73. The monoisotopic (exact) mass is 347 g/mol. The van der Waals surface area contributed by atoms with Crippen molar-refractivity contribution in [1.29, 1.82) is 0 Å². The third-order valence-corrected chi connectivity index (χ3v) is 2.55. The molecule has 0 aliphatic carbocycles. The second kappa shape index (κ2) is 4.53. The molecule has 0 aliphatic heterocycles. The Balaban J connectivity index is 3.15. The van der Waals surface area contributed by atoms with E-state index in [1.54, 1.807) is 0 Å². The number of carbonyl (C=O) groups is 1. The number of aliphatic hydroxyl groups excluding tert-OH is 1. The molecule has 0 amide bonds. The lowest BCUT2D eigenvalue weighted by molar-refractivity contribution is -0.147. The molecule has 0 saturated carbocycles. The van der Waals surface area contributed by atoms with Crippen molar-refractivity contribution in [2.75, 3.05) is 0 Å². The first-order chi connectivity index (χ1) is 7.23. The molecule has 0 fully saturated rings. The van der Waals surface area contributed by atoms with Gasteiger partial charge < -0.3 is 10.2 Å². The second-order valence-electron chi connectivity index (χ2n) is 2.83. The lowest BCUT2D eigenvalue weighted by Crippen LogP contribution is -2.15. The number of hydrogen-bond donors (Lipinski definition) is 2. The summed E-state index contributed by atoms with van der Waals surface area (Å²) in [7, 11) is 0. The molecule has 8 heteroatoms. The highest BCUT2D eigenvalue weighted by molar-refractivity contribution is 14.1. The van der Waals surface area contributed by atoms with Crippen LogP contribution in [0.2, 0.25) is 0 Å². The summed E-state index contributed by atoms with van der Waals surface area (Å²) >= 11 is 1.49. The number of halogens is 4. The van der Waals surface area contributed by atoms with Gasteiger partial charge in [-0.3, -0.25) is 4.98 Å². The fourth-order valence-electron chi connectivity index (χ4n) is 0.922. The maximum absolute atomic E-state index is 12.2. The van der Waals surface area contributed by atoms with Gasteiger partial charge in [0.05, 0.1) is 11.3 Å². The van der Waals surface area contributed by atoms with Crippen molar-refractivity contribution in [2.24, 2.45) is 0 Å². The summed E-state index contributed by atoms with van der Waals surface area (Å²) in [4.78, 5) is 13.7. The largest absolute Gasteiger partial charge is 0.479 e. The Labute approximate surface area is 101 Å². The molecule has 1 heterocycles. The Hall–Kier alpha value is -0.900. The first-order valence-electron chi connectivity index (χ1n) is 3.87. The predicted molar refractivity (Wildman–Crippen MR) is 54.6 cm³/mol. The van der Waals surface area contributed by atoms with E-state index in [1.165, 1.54) is 22.6 Å². The summed E-state index contributed by atoms with van der Waals surface area (Å²) in [5, 5.41) is 17.6. The third-order valence-electron chi connectivity index (χ3n) is 1.69. The molecule has 1 rings (SSSR count). The summed E-state index contributed by atoms with van der Waals surface area (Å²) in [5.41, 5.74) is -1.29. The van der Waals surface area contributed by atoms with Crippen LogP contribution in [0, 0.1) is 3.57 Å². The van der Waals surface area contributed by atoms with Gasteiger partial charge in [-0.05, 0) is 28.7 Å². The van der Waals surface area contributed by atoms with E-state index in [4.69, 9.17) is 10.2 Å². The molecule has 0 saturated heterocycles. The molecule has 16 heavy (non-hydrogen) atoms. The van der Waals surface area contributed by atoms with Crippen molar-refractivity contribution in [3.63, 3.8) is 0 Å². The zero-order valence-electron chi connectivity index (χ0n) is 7.49. The lowest BCUT2D eigenvalue weighted by atomic mass is 10.2. The summed E-state index contributed by atoms with van der Waals surface area (Å²) in [6.07, 6.45) is -5.97. The van der Waals surface area contributed by atoms with E-state index in [0.29, 0.717) is 6.20 Å². The molecule has 0 aliphatic rings. The molecule has 88 valence electrons. The molecule has 0 radical (unpaired) electrons. The smallest absolute Gasteiger partial charge is 0.417 e. The minimum absolute atomic E-state index is 0.0534. The minimum Gasteiger partial charge on any atom is -0.479 e. The minimum atomic E-state index is -4.54. The van der Waals surface area contributed by atoms with E-state index < -0.39 is 23.8 Å². The Bertz CT molecular complexity index is 421. The van der Waals surface area contributed by atoms with Gasteiger partial charge in [-0.25, -0.2) is 4.79 Å². The molecule has 0 bridgehead atoms. The zero-order chi connectivity index (χ0) is 12.5. The van der Waals surface area contributed by atoms with Gasteiger partial charge in [-0.1, -0.05) is 0 Å². The lowest BCUT2D eigenvalue weighted by Gasteiger charge is -2.10. The highest BCUT2D eigenvalue weighted by Gasteiger charge is 2.32. The number of aromatic nitrogens is 1. The number of aliphatic carboxylic acids is 1. The molecule has 1 aromatic heterocycles. The Morgan fingerprint density at radius 3 is 2.44 bits per heavy atom. The van der Waals surface area contributed by atoms with Gasteiger partial charge in [0.2, 0.25) is 0 Å². The third kappa shape index (κ3) is 2.82. The van der Waals surface area contributed by atoms with E-state index in [1.807, 2.05) is 0 Å². The summed E-state index contributed by atoms with van der Waals surface area (Å²) < 4.78 is 36.7. The molecule has 4 nitrogen and oxygen atoms in total. The van der Waals surface area contributed by atoms with E-state index >= 15 is 0 Å². The van der Waals surface area contributed by atoms with Gasteiger partial charge in [0.1, 0.15) is 0 Å². The van der Waals surface area contributed by atoms with Gasteiger partial charge in [0.15, 0.2) is 6.10 Å². The molecular formula is C8H5F3INO3. The van der Waals surface area contributed by atoms with E-state index in [2.05, 4.69) is 4.98 Å². The quantitative estimate of drug-likeness (QED) is 0.801. The van der Waals surface area contributed by atoms with Crippen molar-refractivity contribution in [1.82, 2.24) is 4.98 Å². The molecule has 0 spiro atoms. The fraction of sp³-hybridized carbons (Fsp3) is 0.250. The standard InChI is InChI=1S/C8H5F3INO3/c9-8(10,11)3-1-4(12)5(13-2-3)6(14)7(15)16/h1-2,6,14H,(H,15,16). The highest BCUT2D eigenvalue weighted by atomic mass is 127. The molecule has 2 N–H and O–H groups in total. The van der Waals surface area contributed by atoms with Crippen LogP contribution in [-0.2, 0) is 11.0 Å². The van der Waals surface area contributed by atoms with Crippen LogP contribution in [-0.4, -0.2) is 21.2 Å². The number of nitrogens with zero attached hydrogens (tertiary/aromatic N) is 1. The SMILES string of the molecule is O=C(O)C(O)c1ncc(C(F)(F)F)cc1I. The van der Waals surface area contributed by atoms with Crippen LogP contribution in [0.5, 0.6) is 0 Å². The van der Waals surface area contributed by atoms with Crippen LogP contribution in [0.15, 0.2) is 12.3 Å². The number of aliphatic hydroxyl groups is 1. The molecule has 1 atom stereocenters. The van der Waals surface area contributed by atoms with Gasteiger partial charge in [0, 0.05) is 9.77 Å². The van der Waals surface area contributed by atoms with E-state index in [0.717, 1.165) is 6.07 Å². The van der Waals surface area contributed by atoms with Crippen molar-refractivity contribution < 1.29 is 28.2 Å². The zero-order valence-corrected chi connectivity index (χ0v) is 9.65. The van der Waals surface area contributed by atoms with E-state index in [-0.39, 0.29) is 9.26 Å². The van der Waals surface area contributed by atoms with Crippen LogP contribution in [0.4, 0.5) is 13.2 Å². The Morgan fingerprint density at radius 1 is 1.50 bits per heavy atom. The average Bonchev–Trinajstić information content (AvgIpc) is 2.15. The number of carboxylic acid groups (broad SMARTS) is 1. The number of pyridine rings is 1. The molecule has 1 unspecified atom stereocenters. The van der Waals surface area contributed by atoms with Crippen molar-refractivity contribution in [2.45, 2.75) is 12.3 Å². The van der Waals surface area contributed by atoms with Crippen LogP contribution in [0.1, 0.15) is 17.4 Å². The van der Waals surface area contributed by atoms with Crippen molar-refractivity contribution in [3.05, 3.63) is 27.1 Å². The first-order valence-corrected chi connectivity index (χ1v) is 4.95. The van der Waals surface area contributed by atoms with Crippen LogP contribution >= 0.6 is 22.6 Å². The highest BCUT2D eigenvalue weighted by Crippen LogP contribution is 2.31. The number of alkyl halides is 3. The van der Waals surface area contributed by atoms with Crippen LogP contribution in [0.3, 0.4) is 0 Å². The maximum atomic E-state index is 12.2. The van der Waals surface area contributed by atoms with Gasteiger partial charge >= 0.3 is 12.1 Å². The maximum Gasteiger partial charge on any atom is 0.417 e. The molecule has 0 aromatic carbocycles.